The minimum atomic E-state index is -5.52. The van der Waals surface area contributed by atoms with Gasteiger partial charge >= 0.3 is 21.5 Å². The molecule has 0 saturated carbocycles. The quantitative estimate of drug-likeness (QED) is 0.765. The fourth-order valence-electron chi connectivity index (χ4n) is 1.41. The van der Waals surface area contributed by atoms with Gasteiger partial charge in [0.05, 0.1) is 0 Å². The van der Waals surface area contributed by atoms with E-state index in [-0.39, 0.29) is 17.1 Å². The van der Waals surface area contributed by atoms with Crippen molar-refractivity contribution in [3.05, 3.63) is 0 Å². The molecule has 1 aliphatic rings. The molecule has 1 saturated heterocycles. The number of halogens is 3. The first-order chi connectivity index (χ1) is 6.68. The molecule has 1 fully saturated rings. The average molecular weight is 247 g/mol. The molecular formula is C6H8F3NO4S. The molecule has 0 bridgehead atoms. The van der Waals surface area contributed by atoms with E-state index in [0.717, 1.165) is 0 Å². The van der Waals surface area contributed by atoms with Crippen molar-refractivity contribution >= 4 is 16.0 Å². The van der Waals surface area contributed by atoms with Crippen molar-refractivity contribution in [1.82, 2.24) is 4.31 Å². The number of alkyl halides is 3. The summed E-state index contributed by atoms with van der Waals surface area (Å²) in [7, 11) is -5.52. The molecule has 1 rings (SSSR count). The fraction of sp³-hybridized carbons (Fsp3) is 0.833. The van der Waals surface area contributed by atoms with Crippen LogP contribution in [0.5, 0.6) is 0 Å². The normalized spacial score (nSPS) is 24.3. The van der Waals surface area contributed by atoms with E-state index in [1.54, 1.807) is 0 Å². The number of nitrogens with zero attached hydrogens (tertiary/aromatic N) is 1. The largest absolute Gasteiger partial charge is 0.511 e. The standard InChI is InChI=1S/C6H8F3NO4S/c7-6(8,9)15(13,14)10-3-1-2-4(10)5(11)12/h4H,1-3H2,(H,11,12). The van der Waals surface area contributed by atoms with Crippen LogP contribution in [0.2, 0.25) is 0 Å². The Morgan fingerprint density at radius 3 is 2.33 bits per heavy atom. The van der Waals surface area contributed by atoms with Gasteiger partial charge in [-0.3, -0.25) is 4.79 Å². The molecule has 0 spiro atoms. The zero-order valence-electron chi connectivity index (χ0n) is 7.36. The van der Waals surface area contributed by atoms with Crippen molar-refractivity contribution in [2.24, 2.45) is 0 Å². The van der Waals surface area contributed by atoms with E-state index in [0.29, 0.717) is 0 Å². The Morgan fingerprint density at radius 1 is 1.40 bits per heavy atom. The van der Waals surface area contributed by atoms with E-state index in [9.17, 15) is 26.4 Å². The molecule has 0 aromatic rings. The van der Waals surface area contributed by atoms with Gasteiger partial charge in [-0.1, -0.05) is 0 Å². The highest BCUT2D eigenvalue weighted by molar-refractivity contribution is 7.90. The third-order valence-electron chi connectivity index (χ3n) is 2.09. The third-order valence-corrected chi connectivity index (χ3v) is 3.73. The zero-order chi connectivity index (χ0) is 11.9. The Morgan fingerprint density at radius 2 is 1.93 bits per heavy atom. The topological polar surface area (TPSA) is 74.7 Å². The molecule has 0 aromatic heterocycles. The molecule has 1 atom stereocenters. The Hall–Kier alpha value is -0.830. The number of sulfonamides is 1. The maximum absolute atomic E-state index is 12.1. The van der Waals surface area contributed by atoms with E-state index in [2.05, 4.69) is 0 Å². The van der Waals surface area contributed by atoms with Crippen LogP contribution in [0.1, 0.15) is 12.8 Å². The Labute approximate surface area is 83.5 Å². The minimum Gasteiger partial charge on any atom is -0.480 e. The first kappa shape index (κ1) is 12.2. The van der Waals surface area contributed by atoms with Crippen LogP contribution >= 0.6 is 0 Å². The number of aliphatic carboxylic acids is 1. The van der Waals surface area contributed by atoms with Gasteiger partial charge in [-0.15, -0.1) is 0 Å². The van der Waals surface area contributed by atoms with Crippen molar-refractivity contribution in [3.63, 3.8) is 0 Å². The molecule has 88 valence electrons. The maximum Gasteiger partial charge on any atom is 0.511 e. The lowest BCUT2D eigenvalue weighted by atomic mass is 10.2. The van der Waals surface area contributed by atoms with E-state index < -0.39 is 34.1 Å². The Bertz CT molecular complexity index is 363. The number of rotatable bonds is 2. The minimum absolute atomic E-state index is 0.00463. The van der Waals surface area contributed by atoms with Gasteiger partial charge < -0.3 is 5.11 Å². The fourth-order valence-corrected chi connectivity index (χ4v) is 2.57. The van der Waals surface area contributed by atoms with Gasteiger partial charge in [0.1, 0.15) is 6.04 Å². The predicted octanol–water partition coefficient (Wildman–Crippen LogP) is 0.385. The highest BCUT2D eigenvalue weighted by atomic mass is 32.2. The molecule has 0 amide bonds. The van der Waals surface area contributed by atoms with E-state index in [4.69, 9.17) is 5.11 Å². The summed E-state index contributed by atoms with van der Waals surface area (Å²) in [6.07, 6.45) is 0.0247. The number of hydrogen-bond donors (Lipinski definition) is 1. The van der Waals surface area contributed by atoms with Gasteiger partial charge in [-0.05, 0) is 12.8 Å². The number of carboxylic acids is 1. The second-order valence-corrected chi connectivity index (χ2v) is 4.94. The summed E-state index contributed by atoms with van der Waals surface area (Å²) in [5.41, 5.74) is -5.44. The molecule has 15 heavy (non-hydrogen) atoms. The molecule has 1 heterocycles. The highest BCUT2D eigenvalue weighted by Crippen LogP contribution is 2.32. The summed E-state index contributed by atoms with van der Waals surface area (Å²) in [6.45, 7) is -0.404. The summed E-state index contributed by atoms with van der Waals surface area (Å²) in [6, 6.07) is -1.60. The maximum atomic E-state index is 12.1. The SMILES string of the molecule is O=C(O)C1CCCN1S(=O)(=O)C(F)(F)F. The van der Waals surface area contributed by atoms with Crippen LogP contribution in [0.15, 0.2) is 0 Å². The number of carboxylic acid groups (broad SMARTS) is 1. The first-order valence-corrected chi connectivity index (χ1v) is 5.43. The van der Waals surface area contributed by atoms with Crippen LogP contribution < -0.4 is 0 Å². The van der Waals surface area contributed by atoms with Crippen LogP contribution in [0.4, 0.5) is 13.2 Å². The van der Waals surface area contributed by atoms with E-state index in [1.165, 1.54) is 0 Å². The van der Waals surface area contributed by atoms with Crippen LogP contribution in [0.3, 0.4) is 0 Å². The highest BCUT2D eigenvalue weighted by Gasteiger charge is 2.54. The Kier molecular flexibility index (Phi) is 2.97. The molecular weight excluding hydrogens is 239 g/mol. The van der Waals surface area contributed by atoms with Gasteiger partial charge in [0.25, 0.3) is 0 Å². The molecule has 1 N–H and O–H groups in total. The van der Waals surface area contributed by atoms with Crippen LogP contribution in [-0.2, 0) is 14.8 Å². The first-order valence-electron chi connectivity index (χ1n) is 3.99. The van der Waals surface area contributed by atoms with Crippen LogP contribution in [0.25, 0.3) is 0 Å². The molecule has 1 aliphatic heterocycles. The zero-order valence-corrected chi connectivity index (χ0v) is 8.18. The second kappa shape index (κ2) is 3.63. The summed E-state index contributed by atoms with van der Waals surface area (Å²) in [5, 5.41) is 8.54. The molecule has 5 nitrogen and oxygen atoms in total. The van der Waals surface area contributed by atoms with Gasteiger partial charge in [0.15, 0.2) is 0 Å². The summed E-state index contributed by atoms with van der Waals surface area (Å²) < 4.78 is 58.1. The van der Waals surface area contributed by atoms with Gasteiger partial charge in [-0.2, -0.15) is 17.5 Å². The lowest BCUT2D eigenvalue weighted by Crippen LogP contribution is -2.46. The van der Waals surface area contributed by atoms with Gasteiger partial charge in [-0.25, -0.2) is 8.42 Å². The third kappa shape index (κ3) is 2.07. The van der Waals surface area contributed by atoms with Crippen molar-refractivity contribution in [3.8, 4) is 0 Å². The van der Waals surface area contributed by atoms with Crippen molar-refractivity contribution in [2.45, 2.75) is 24.4 Å². The van der Waals surface area contributed by atoms with Crippen LogP contribution in [0, 0.1) is 0 Å². The smallest absolute Gasteiger partial charge is 0.480 e. The molecule has 0 aliphatic carbocycles. The summed E-state index contributed by atoms with van der Waals surface area (Å²) in [5.74, 6) is -1.56. The molecule has 0 aromatic carbocycles. The van der Waals surface area contributed by atoms with Crippen molar-refractivity contribution < 1.29 is 31.5 Å². The van der Waals surface area contributed by atoms with E-state index in [1.807, 2.05) is 0 Å². The van der Waals surface area contributed by atoms with Crippen molar-refractivity contribution in [2.75, 3.05) is 6.54 Å². The Balaban J connectivity index is 3.03. The van der Waals surface area contributed by atoms with E-state index >= 15 is 0 Å². The summed E-state index contributed by atoms with van der Waals surface area (Å²) >= 11 is 0. The lowest BCUT2D eigenvalue weighted by Gasteiger charge is -2.21. The van der Waals surface area contributed by atoms with Gasteiger partial charge in [0.2, 0.25) is 0 Å². The number of hydrogen-bond acceptors (Lipinski definition) is 3. The molecule has 1 unspecified atom stereocenters. The van der Waals surface area contributed by atoms with Gasteiger partial charge in [0, 0.05) is 6.54 Å². The summed E-state index contributed by atoms with van der Waals surface area (Å²) in [4.78, 5) is 10.5. The molecule has 0 radical (unpaired) electrons. The molecule has 9 heteroatoms. The monoisotopic (exact) mass is 247 g/mol. The van der Waals surface area contributed by atoms with Crippen LogP contribution in [-0.4, -0.2) is 41.9 Å². The predicted molar refractivity (Wildman–Crippen MR) is 42.3 cm³/mol. The lowest BCUT2D eigenvalue weighted by molar-refractivity contribution is -0.140. The number of carbonyl (C=O) groups is 1. The van der Waals surface area contributed by atoms with Crippen molar-refractivity contribution in [1.29, 1.82) is 0 Å². The second-order valence-electron chi connectivity index (χ2n) is 3.06. The average Bonchev–Trinajstić information content (AvgIpc) is 2.48.